The van der Waals surface area contributed by atoms with Crippen LogP contribution in [0.2, 0.25) is 5.02 Å². The summed E-state index contributed by atoms with van der Waals surface area (Å²) in [7, 11) is 1.54. The molecule has 1 aliphatic rings. The van der Waals surface area contributed by atoms with Crippen LogP contribution in [0.3, 0.4) is 0 Å². The van der Waals surface area contributed by atoms with Crippen LogP contribution in [0.25, 0.3) is 0 Å². The number of rotatable bonds is 4. The molecule has 6 nitrogen and oxygen atoms in total. The number of methoxy groups -OCH3 is 1. The highest BCUT2D eigenvalue weighted by molar-refractivity contribution is 6.32. The Bertz CT molecular complexity index is 823. The Kier molecular flexibility index (Phi) is 5.13. The van der Waals surface area contributed by atoms with Gasteiger partial charge in [-0.3, -0.25) is 0 Å². The smallest absolute Gasteiger partial charge is 0.319 e. The molecule has 2 amide bonds. The molecule has 1 heterocycles. The van der Waals surface area contributed by atoms with Gasteiger partial charge in [0.15, 0.2) is 11.5 Å². The Morgan fingerprint density at radius 1 is 1.12 bits per heavy atom. The van der Waals surface area contributed by atoms with Gasteiger partial charge in [-0.25, -0.2) is 4.79 Å². The number of carbonyl (C=O) groups excluding carboxylic acids is 1. The molecular weight excluding hydrogens is 356 g/mol. The second-order valence-electron chi connectivity index (χ2n) is 6.41. The van der Waals surface area contributed by atoms with E-state index in [9.17, 15) is 4.79 Å². The van der Waals surface area contributed by atoms with Gasteiger partial charge in [0.25, 0.3) is 0 Å². The third-order valence-corrected chi connectivity index (χ3v) is 4.39. The van der Waals surface area contributed by atoms with Crippen molar-refractivity contribution in [2.45, 2.75) is 19.4 Å². The van der Waals surface area contributed by atoms with E-state index < -0.39 is 5.54 Å². The van der Waals surface area contributed by atoms with Crippen molar-refractivity contribution in [2.24, 2.45) is 0 Å². The Balaban J connectivity index is 1.70. The number of amides is 2. The zero-order valence-corrected chi connectivity index (χ0v) is 15.6. The third kappa shape index (κ3) is 3.96. The van der Waals surface area contributed by atoms with Crippen LogP contribution < -0.4 is 24.8 Å². The highest BCUT2D eigenvalue weighted by Gasteiger charge is 2.25. The molecule has 0 unspecified atom stereocenters. The van der Waals surface area contributed by atoms with E-state index in [1.807, 2.05) is 32.0 Å². The number of anilines is 1. The minimum atomic E-state index is -0.615. The van der Waals surface area contributed by atoms with Crippen molar-refractivity contribution >= 4 is 23.3 Å². The average molecular weight is 377 g/mol. The fourth-order valence-electron chi connectivity index (χ4n) is 2.69. The normalized spacial score (nSPS) is 13.1. The molecule has 3 rings (SSSR count). The van der Waals surface area contributed by atoms with E-state index in [0.717, 1.165) is 5.56 Å². The maximum absolute atomic E-state index is 12.4. The molecule has 0 radical (unpaired) electrons. The van der Waals surface area contributed by atoms with Crippen molar-refractivity contribution in [1.82, 2.24) is 5.32 Å². The topological polar surface area (TPSA) is 68.8 Å². The standard InChI is InChI=1S/C19H21ClN2O4/c1-19(2,12-4-6-16-17(10-12)26-9-8-25-16)22-18(23)21-13-5-7-15(24-3)14(20)11-13/h4-7,10-11H,8-9H2,1-3H3,(H2,21,22,23). The summed E-state index contributed by atoms with van der Waals surface area (Å²) in [5, 5.41) is 6.16. The molecule has 26 heavy (non-hydrogen) atoms. The van der Waals surface area contributed by atoms with Crippen LogP contribution in [0.1, 0.15) is 19.4 Å². The molecule has 1 aliphatic heterocycles. The maximum atomic E-state index is 12.4. The zero-order valence-electron chi connectivity index (χ0n) is 14.9. The van der Waals surface area contributed by atoms with E-state index in [4.69, 9.17) is 25.8 Å². The van der Waals surface area contributed by atoms with Gasteiger partial charge in [0.2, 0.25) is 0 Å². The van der Waals surface area contributed by atoms with Crippen molar-refractivity contribution in [3.63, 3.8) is 0 Å². The second kappa shape index (κ2) is 7.33. The van der Waals surface area contributed by atoms with Crippen LogP contribution in [0, 0.1) is 0 Å². The highest BCUT2D eigenvalue weighted by Crippen LogP contribution is 2.34. The lowest BCUT2D eigenvalue weighted by molar-refractivity contribution is 0.171. The van der Waals surface area contributed by atoms with E-state index in [-0.39, 0.29) is 6.03 Å². The number of fused-ring (bicyclic) bond motifs is 1. The SMILES string of the molecule is COc1ccc(NC(=O)NC(C)(C)c2ccc3c(c2)OCCO3)cc1Cl. The number of urea groups is 1. The van der Waals surface area contributed by atoms with Gasteiger partial charge >= 0.3 is 6.03 Å². The number of halogens is 1. The lowest BCUT2D eigenvalue weighted by atomic mass is 9.94. The maximum Gasteiger partial charge on any atom is 0.319 e. The minimum absolute atomic E-state index is 0.342. The van der Waals surface area contributed by atoms with Gasteiger partial charge in [-0.1, -0.05) is 17.7 Å². The molecule has 2 aromatic rings. The first-order chi connectivity index (χ1) is 12.4. The lowest BCUT2D eigenvalue weighted by Crippen LogP contribution is -2.43. The van der Waals surface area contributed by atoms with Gasteiger partial charge in [-0.05, 0) is 49.7 Å². The van der Waals surface area contributed by atoms with Gasteiger partial charge in [0.05, 0.1) is 17.7 Å². The predicted octanol–water partition coefficient (Wildman–Crippen LogP) is 4.18. The Hall–Kier alpha value is -2.60. The van der Waals surface area contributed by atoms with E-state index in [2.05, 4.69) is 10.6 Å². The van der Waals surface area contributed by atoms with Crippen LogP contribution in [0.4, 0.5) is 10.5 Å². The summed E-state index contributed by atoms with van der Waals surface area (Å²) in [6.07, 6.45) is 0. The highest BCUT2D eigenvalue weighted by atomic mass is 35.5. The van der Waals surface area contributed by atoms with Crippen LogP contribution in [-0.4, -0.2) is 26.4 Å². The fraction of sp³-hybridized carbons (Fsp3) is 0.316. The first-order valence-corrected chi connectivity index (χ1v) is 8.60. The quantitative estimate of drug-likeness (QED) is 0.840. The minimum Gasteiger partial charge on any atom is -0.495 e. The molecule has 138 valence electrons. The molecule has 0 aromatic heterocycles. The lowest BCUT2D eigenvalue weighted by Gasteiger charge is -2.28. The fourth-order valence-corrected chi connectivity index (χ4v) is 2.95. The van der Waals surface area contributed by atoms with Gasteiger partial charge < -0.3 is 24.8 Å². The van der Waals surface area contributed by atoms with Gasteiger partial charge in [-0.2, -0.15) is 0 Å². The van der Waals surface area contributed by atoms with Crippen LogP contribution in [0.5, 0.6) is 17.2 Å². The van der Waals surface area contributed by atoms with Gasteiger partial charge in [0.1, 0.15) is 19.0 Å². The van der Waals surface area contributed by atoms with Crippen molar-refractivity contribution in [3.05, 3.63) is 47.0 Å². The molecule has 0 saturated heterocycles. The van der Waals surface area contributed by atoms with Crippen molar-refractivity contribution in [2.75, 3.05) is 25.6 Å². The summed E-state index contributed by atoms with van der Waals surface area (Å²) in [6, 6.07) is 10.4. The van der Waals surface area contributed by atoms with Crippen molar-refractivity contribution in [1.29, 1.82) is 0 Å². The molecular formula is C19H21ClN2O4. The third-order valence-electron chi connectivity index (χ3n) is 4.10. The number of nitrogens with one attached hydrogen (secondary N) is 2. The number of hydrogen-bond acceptors (Lipinski definition) is 4. The van der Waals surface area contributed by atoms with Gasteiger partial charge in [0, 0.05) is 5.69 Å². The second-order valence-corrected chi connectivity index (χ2v) is 6.82. The monoisotopic (exact) mass is 376 g/mol. The average Bonchev–Trinajstić information content (AvgIpc) is 2.61. The van der Waals surface area contributed by atoms with Crippen LogP contribution in [-0.2, 0) is 5.54 Å². The Morgan fingerprint density at radius 3 is 2.54 bits per heavy atom. The Labute approximate surface area is 157 Å². The number of hydrogen-bond donors (Lipinski definition) is 2. The molecule has 7 heteroatoms. The van der Waals surface area contributed by atoms with Crippen LogP contribution >= 0.6 is 11.6 Å². The molecule has 0 atom stereocenters. The number of ether oxygens (including phenoxy) is 3. The van der Waals surface area contributed by atoms with E-state index in [1.54, 1.807) is 18.2 Å². The largest absolute Gasteiger partial charge is 0.495 e. The predicted molar refractivity (Wildman–Crippen MR) is 101 cm³/mol. The van der Waals surface area contributed by atoms with Crippen molar-refractivity contribution < 1.29 is 19.0 Å². The molecule has 0 saturated carbocycles. The number of benzene rings is 2. The van der Waals surface area contributed by atoms with Gasteiger partial charge in [-0.15, -0.1) is 0 Å². The summed E-state index contributed by atoms with van der Waals surface area (Å²) >= 11 is 6.09. The van der Waals surface area contributed by atoms with E-state index in [0.29, 0.717) is 41.2 Å². The molecule has 2 N–H and O–H groups in total. The summed E-state index contributed by atoms with van der Waals surface area (Å²) in [5.41, 5.74) is 0.867. The number of carbonyl (C=O) groups is 1. The summed E-state index contributed by atoms with van der Waals surface area (Å²) in [5.74, 6) is 1.95. The van der Waals surface area contributed by atoms with Crippen LogP contribution in [0.15, 0.2) is 36.4 Å². The summed E-state index contributed by atoms with van der Waals surface area (Å²) < 4.78 is 16.3. The molecule has 0 spiro atoms. The Morgan fingerprint density at radius 2 is 1.85 bits per heavy atom. The molecule has 0 bridgehead atoms. The molecule has 0 fully saturated rings. The van der Waals surface area contributed by atoms with E-state index in [1.165, 1.54) is 7.11 Å². The van der Waals surface area contributed by atoms with Crippen molar-refractivity contribution in [3.8, 4) is 17.2 Å². The van der Waals surface area contributed by atoms with E-state index >= 15 is 0 Å². The first-order valence-electron chi connectivity index (χ1n) is 8.22. The summed E-state index contributed by atoms with van der Waals surface area (Å²) in [6.45, 7) is 4.89. The first kappa shape index (κ1) is 18.2. The molecule has 0 aliphatic carbocycles. The zero-order chi connectivity index (χ0) is 18.7. The molecule has 2 aromatic carbocycles. The summed E-state index contributed by atoms with van der Waals surface area (Å²) in [4.78, 5) is 12.4.